The van der Waals surface area contributed by atoms with Gasteiger partial charge in [-0.05, 0) is 0 Å². The normalized spacial score (nSPS) is 36.4. The number of hydrogen-bond acceptors (Lipinski definition) is 4. The highest BCUT2D eigenvalue weighted by Gasteiger charge is 2.34. The first kappa shape index (κ1) is 7.65. The van der Waals surface area contributed by atoms with Crippen LogP contribution in [0.25, 0.3) is 0 Å². The molecule has 2 aliphatic rings. The van der Waals surface area contributed by atoms with Crippen LogP contribution in [0.4, 0.5) is 0 Å². The molecule has 2 aliphatic heterocycles. The molecule has 0 saturated carbocycles. The van der Waals surface area contributed by atoms with Crippen molar-refractivity contribution in [3.05, 3.63) is 0 Å². The van der Waals surface area contributed by atoms with Gasteiger partial charge in [0.05, 0.1) is 13.2 Å². The van der Waals surface area contributed by atoms with Crippen molar-refractivity contribution in [2.24, 2.45) is 0 Å². The minimum absolute atomic E-state index is 0.231. The topological polar surface area (TPSA) is 44.8 Å². The number of ether oxygens (including phenoxy) is 3. The van der Waals surface area contributed by atoms with E-state index in [9.17, 15) is 0 Å². The number of fused-ring (bicyclic) bond motifs is 1. The van der Waals surface area contributed by atoms with Crippen LogP contribution < -0.4 is 0 Å². The van der Waals surface area contributed by atoms with E-state index in [2.05, 4.69) is 0 Å². The lowest BCUT2D eigenvalue weighted by molar-refractivity contribution is -0.0979. The van der Waals surface area contributed by atoms with Crippen LogP contribution in [0, 0.1) is 0 Å². The molecular formula is C6H10O4. The van der Waals surface area contributed by atoms with Gasteiger partial charge >= 0.3 is 0 Å². The summed E-state index contributed by atoms with van der Waals surface area (Å²) in [4.78, 5) is 8.00. The standard InChI is InChI=1S/C5H8O3.CH2O/c1-4-5(2-6-1)8-3-7-4;1-2/h4-5H,1-3H2;1H2. The summed E-state index contributed by atoms with van der Waals surface area (Å²) in [6.45, 7) is 3.88. The van der Waals surface area contributed by atoms with E-state index in [4.69, 9.17) is 19.0 Å². The monoisotopic (exact) mass is 146 g/mol. The van der Waals surface area contributed by atoms with Gasteiger partial charge < -0.3 is 19.0 Å². The van der Waals surface area contributed by atoms with Crippen LogP contribution >= 0.6 is 0 Å². The predicted octanol–water partition coefficient (Wildman–Crippen LogP) is -0.427. The fourth-order valence-corrected chi connectivity index (χ4v) is 1.04. The highest BCUT2D eigenvalue weighted by atomic mass is 16.7. The van der Waals surface area contributed by atoms with Gasteiger partial charge in [-0.25, -0.2) is 0 Å². The molecule has 0 bridgehead atoms. The molecule has 0 amide bonds. The number of rotatable bonds is 0. The highest BCUT2D eigenvalue weighted by molar-refractivity contribution is 5.10. The molecule has 4 nitrogen and oxygen atoms in total. The molecule has 2 fully saturated rings. The molecule has 58 valence electrons. The first-order chi connectivity index (χ1) is 4.97. The van der Waals surface area contributed by atoms with E-state index in [1.807, 2.05) is 6.79 Å². The number of carbonyl (C=O) groups excluding carboxylic acids is 1. The summed E-state index contributed by atoms with van der Waals surface area (Å²) in [6.07, 6.45) is 0.463. The van der Waals surface area contributed by atoms with E-state index in [0.29, 0.717) is 20.0 Å². The highest BCUT2D eigenvalue weighted by Crippen LogP contribution is 2.18. The summed E-state index contributed by atoms with van der Waals surface area (Å²) in [5.41, 5.74) is 0. The first-order valence-electron chi connectivity index (χ1n) is 3.06. The first-order valence-corrected chi connectivity index (χ1v) is 3.06. The Hall–Kier alpha value is -0.450. The molecule has 2 saturated heterocycles. The van der Waals surface area contributed by atoms with Crippen LogP contribution in [0.15, 0.2) is 0 Å². The largest absolute Gasteiger partial charge is 0.376 e. The molecule has 0 aromatic heterocycles. The lowest BCUT2D eigenvalue weighted by Gasteiger charge is -1.98. The van der Waals surface area contributed by atoms with Crippen molar-refractivity contribution in [2.45, 2.75) is 12.2 Å². The average Bonchev–Trinajstić information content (AvgIpc) is 2.49. The summed E-state index contributed by atoms with van der Waals surface area (Å²) in [6, 6.07) is 0. The van der Waals surface area contributed by atoms with E-state index in [1.54, 1.807) is 0 Å². The maximum absolute atomic E-state index is 8.00. The van der Waals surface area contributed by atoms with Gasteiger partial charge in [-0.3, -0.25) is 0 Å². The van der Waals surface area contributed by atoms with E-state index in [-0.39, 0.29) is 12.2 Å². The molecule has 2 atom stereocenters. The van der Waals surface area contributed by atoms with Crippen molar-refractivity contribution >= 4 is 6.79 Å². The summed E-state index contributed by atoms with van der Waals surface area (Å²) in [5.74, 6) is 0. The smallest absolute Gasteiger partial charge is 0.147 e. The number of carbonyl (C=O) groups is 1. The molecule has 2 heterocycles. The maximum Gasteiger partial charge on any atom is 0.147 e. The molecule has 0 aromatic carbocycles. The SMILES string of the molecule is C1OC2COCC2O1.C=O. The van der Waals surface area contributed by atoms with Crippen LogP contribution in [-0.2, 0) is 19.0 Å². The van der Waals surface area contributed by atoms with Gasteiger partial charge in [-0.15, -0.1) is 0 Å². The zero-order valence-electron chi connectivity index (χ0n) is 5.62. The molecule has 0 aromatic rings. The Balaban J connectivity index is 0.000000231. The van der Waals surface area contributed by atoms with Crippen LogP contribution in [-0.4, -0.2) is 39.0 Å². The van der Waals surface area contributed by atoms with Crippen molar-refractivity contribution < 1.29 is 19.0 Å². The van der Waals surface area contributed by atoms with Crippen molar-refractivity contribution in [2.75, 3.05) is 20.0 Å². The van der Waals surface area contributed by atoms with Crippen molar-refractivity contribution in [3.63, 3.8) is 0 Å². The van der Waals surface area contributed by atoms with Gasteiger partial charge in [-0.2, -0.15) is 0 Å². The molecule has 2 rings (SSSR count). The summed E-state index contributed by atoms with van der Waals surface area (Å²) in [7, 11) is 0. The second-order valence-corrected chi connectivity index (χ2v) is 2.07. The second-order valence-electron chi connectivity index (χ2n) is 2.07. The molecule has 4 heteroatoms. The third-order valence-electron chi connectivity index (χ3n) is 1.54. The average molecular weight is 146 g/mol. The zero-order chi connectivity index (χ0) is 7.40. The van der Waals surface area contributed by atoms with Crippen molar-refractivity contribution in [1.82, 2.24) is 0 Å². The van der Waals surface area contributed by atoms with Gasteiger partial charge in [0.15, 0.2) is 0 Å². The van der Waals surface area contributed by atoms with Gasteiger partial charge in [0.25, 0.3) is 0 Å². The molecule has 0 spiro atoms. The van der Waals surface area contributed by atoms with Crippen LogP contribution in [0.3, 0.4) is 0 Å². The minimum Gasteiger partial charge on any atom is -0.376 e. The Morgan fingerprint density at radius 3 is 2.10 bits per heavy atom. The van der Waals surface area contributed by atoms with E-state index >= 15 is 0 Å². The zero-order valence-corrected chi connectivity index (χ0v) is 5.62. The predicted molar refractivity (Wildman–Crippen MR) is 32.6 cm³/mol. The lowest BCUT2D eigenvalue weighted by Crippen LogP contribution is -2.18. The van der Waals surface area contributed by atoms with Crippen LogP contribution in [0.1, 0.15) is 0 Å². The Labute approximate surface area is 59.1 Å². The second kappa shape index (κ2) is 3.65. The summed E-state index contributed by atoms with van der Waals surface area (Å²) >= 11 is 0. The summed E-state index contributed by atoms with van der Waals surface area (Å²) < 4.78 is 15.3. The Kier molecular flexibility index (Phi) is 2.80. The minimum atomic E-state index is 0.231. The molecule has 0 aliphatic carbocycles. The quantitative estimate of drug-likeness (QED) is 0.465. The third kappa shape index (κ3) is 1.34. The molecule has 2 unspecified atom stereocenters. The molecule has 0 radical (unpaired) electrons. The van der Waals surface area contributed by atoms with E-state index in [1.165, 1.54) is 0 Å². The molecule has 0 N–H and O–H groups in total. The fourth-order valence-electron chi connectivity index (χ4n) is 1.04. The number of hydrogen-bond donors (Lipinski definition) is 0. The van der Waals surface area contributed by atoms with E-state index < -0.39 is 0 Å². The van der Waals surface area contributed by atoms with Gasteiger partial charge in [0.2, 0.25) is 0 Å². The fraction of sp³-hybridized carbons (Fsp3) is 0.833. The Morgan fingerprint density at radius 2 is 1.60 bits per heavy atom. The van der Waals surface area contributed by atoms with Crippen molar-refractivity contribution in [1.29, 1.82) is 0 Å². The van der Waals surface area contributed by atoms with Crippen LogP contribution in [0.2, 0.25) is 0 Å². The van der Waals surface area contributed by atoms with Gasteiger partial charge in [-0.1, -0.05) is 0 Å². The lowest BCUT2D eigenvalue weighted by atomic mass is 10.3. The summed E-state index contributed by atoms with van der Waals surface area (Å²) in [5, 5.41) is 0. The Bertz CT molecular complexity index is 85.9. The third-order valence-corrected chi connectivity index (χ3v) is 1.54. The maximum atomic E-state index is 8.00. The molecule has 10 heavy (non-hydrogen) atoms. The Morgan fingerprint density at radius 1 is 1.10 bits per heavy atom. The van der Waals surface area contributed by atoms with E-state index in [0.717, 1.165) is 0 Å². The van der Waals surface area contributed by atoms with Gasteiger partial charge in [0.1, 0.15) is 25.8 Å². The van der Waals surface area contributed by atoms with Crippen molar-refractivity contribution in [3.8, 4) is 0 Å². The van der Waals surface area contributed by atoms with Gasteiger partial charge in [0, 0.05) is 0 Å². The molecular weight excluding hydrogens is 136 g/mol. The van der Waals surface area contributed by atoms with Crippen LogP contribution in [0.5, 0.6) is 0 Å².